The first-order valence-electron chi connectivity index (χ1n) is 9.45. The summed E-state index contributed by atoms with van der Waals surface area (Å²) in [5, 5.41) is 2.85. The molecule has 0 aliphatic carbocycles. The molecule has 2 aromatic rings. The highest BCUT2D eigenvalue weighted by molar-refractivity contribution is 7.14. The zero-order valence-corrected chi connectivity index (χ0v) is 17.7. The molecular formula is C21H29NO5S. The maximum Gasteiger partial charge on any atom is 0.420 e. The maximum absolute atomic E-state index is 13.0. The quantitative estimate of drug-likeness (QED) is 0.471. The van der Waals surface area contributed by atoms with Crippen LogP contribution in [0.5, 0.6) is 11.5 Å². The van der Waals surface area contributed by atoms with E-state index in [2.05, 4.69) is 13.8 Å². The van der Waals surface area contributed by atoms with Crippen molar-refractivity contribution in [2.24, 2.45) is 0 Å². The predicted octanol–water partition coefficient (Wildman–Crippen LogP) is 5.33. The number of methoxy groups -OCH3 is 2. The van der Waals surface area contributed by atoms with Gasteiger partial charge in [-0.25, -0.2) is 4.79 Å². The molecule has 0 radical (unpaired) electrons. The van der Waals surface area contributed by atoms with Gasteiger partial charge >= 0.3 is 6.09 Å². The van der Waals surface area contributed by atoms with Crippen molar-refractivity contribution in [2.45, 2.75) is 45.4 Å². The van der Waals surface area contributed by atoms with Gasteiger partial charge in [-0.15, -0.1) is 11.3 Å². The van der Waals surface area contributed by atoms with Gasteiger partial charge in [-0.1, -0.05) is 26.3 Å². The molecule has 154 valence electrons. The number of nitrogens with zero attached hydrogens (tertiary/aromatic N) is 1. The van der Waals surface area contributed by atoms with Crippen molar-refractivity contribution in [2.75, 3.05) is 25.7 Å². The van der Waals surface area contributed by atoms with Gasteiger partial charge in [-0.3, -0.25) is 4.90 Å². The minimum absolute atomic E-state index is 0.0970. The number of anilines is 1. The lowest BCUT2D eigenvalue weighted by atomic mass is 10.1. The number of hydrogen-bond donors (Lipinski definition) is 0. The Morgan fingerprint density at radius 2 is 1.86 bits per heavy atom. The molecule has 6 nitrogen and oxygen atoms in total. The summed E-state index contributed by atoms with van der Waals surface area (Å²) in [5.74, 6) is 1.01. The van der Waals surface area contributed by atoms with Crippen molar-refractivity contribution in [3.05, 3.63) is 41.8 Å². The van der Waals surface area contributed by atoms with E-state index in [0.29, 0.717) is 11.5 Å². The topological polar surface area (TPSA) is 57.2 Å². The van der Waals surface area contributed by atoms with E-state index >= 15 is 0 Å². The fraction of sp³-hybridized carbons (Fsp3) is 0.476. The lowest BCUT2D eigenvalue weighted by molar-refractivity contribution is -0.121. The summed E-state index contributed by atoms with van der Waals surface area (Å²) in [6, 6.07) is 11.0. The summed E-state index contributed by atoms with van der Waals surface area (Å²) in [6.07, 6.45) is 1.94. The Labute approximate surface area is 171 Å². The first-order valence-corrected chi connectivity index (χ1v) is 10.3. The van der Waals surface area contributed by atoms with E-state index in [4.69, 9.17) is 18.9 Å². The van der Waals surface area contributed by atoms with E-state index in [0.717, 1.165) is 24.3 Å². The maximum atomic E-state index is 13.0. The van der Waals surface area contributed by atoms with Crippen LogP contribution in [0.1, 0.15) is 33.1 Å². The van der Waals surface area contributed by atoms with Gasteiger partial charge in [0.2, 0.25) is 0 Å². The fourth-order valence-electron chi connectivity index (χ4n) is 2.85. The van der Waals surface area contributed by atoms with Gasteiger partial charge in [-0.2, -0.15) is 0 Å². The molecule has 0 N–H and O–H groups in total. The van der Waals surface area contributed by atoms with E-state index < -0.39 is 6.29 Å². The molecule has 1 aromatic carbocycles. The van der Waals surface area contributed by atoms with Crippen LogP contribution >= 0.6 is 11.3 Å². The van der Waals surface area contributed by atoms with Gasteiger partial charge in [0.1, 0.15) is 23.1 Å². The highest BCUT2D eigenvalue weighted by atomic mass is 32.1. The SMILES string of the molecule is CCCC(CC)N(C(=O)Oc1cccc(OCC(OC)OC)c1)c1cccs1. The van der Waals surface area contributed by atoms with Gasteiger partial charge in [0, 0.05) is 26.3 Å². The van der Waals surface area contributed by atoms with Crippen LogP contribution in [-0.4, -0.2) is 39.3 Å². The molecule has 28 heavy (non-hydrogen) atoms. The molecule has 1 aromatic heterocycles. The minimum atomic E-state index is -0.458. The van der Waals surface area contributed by atoms with E-state index in [1.807, 2.05) is 17.5 Å². The van der Waals surface area contributed by atoms with Crippen LogP contribution in [-0.2, 0) is 9.47 Å². The third-order valence-corrected chi connectivity index (χ3v) is 5.19. The average molecular weight is 408 g/mol. The van der Waals surface area contributed by atoms with Crippen LogP contribution in [0.3, 0.4) is 0 Å². The number of hydrogen-bond acceptors (Lipinski definition) is 6. The van der Waals surface area contributed by atoms with E-state index in [-0.39, 0.29) is 18.7 Å². The second-order valence-corrected chi connectivity index (χ2v) is 7.15. The Balaban J connectivity index is 2.11. The Hall–Kier alpha value is -2.09. The summed E-state index contributed by atoms with van der Waals surface area (Å²) >= 11 is 1.53. The van der Waals surface area contributed by atoms with Crippen LogP contribution in [0.15, 0.2) is 41.8 Å². The molecule has 0 saturated carbocycles. The molecule has 1 amide bonds. The number of rotatable bonds is 11. The molecule has 1 atom stereocenters. The van der Waals surface area contributed by atoms with Gasteiger partial charge in [0.05, 0.1) is 0 Å². The van der Waals surface area contributed by atoms with E-state index in [9.17, 15) is 4.79 Å². The molecule has 0 fully saturated rings. The second-order valence-electron chi connectivity index (χ2n) is 6.23. The van der Waals surface area contributed by atoms with Crippen molar-refractivity contribution >= 4 is 22.4 Å². The molecule has 2 rings (SSSR count). The summed E-state index contributed by atoms with van der Waals surface area (Å²) in [5.41, 5.74) is 0. The summed E-state index contributed by atoms with van der Waals surface area (Å²) in [7, 11) is 3.10. The molecule has 7 heteroatoms. The summed E-state index contributed by atoms with van der Waals surface area (Å²) < 4.78 is 21.6. The number of ether oxygens (including phenoxy) is 4. The normalized spacial score (nSPS) is 12.0. The Bertz CT molecular complexity index is 703. The molecule has 1 heterocycles. The van der Waals surface area contributed by atoms with Gasteiger partial charge in [0.25, 0.3) is 0 Å². The van der Waals surface area contributed by atoms with Crippen LogP contribution in [0.25, 0.3) is 0 Å². The fourth-order valence-corrected chi connectivity index (χ4v) is 3.64. The molecular weight excluding hydrogens is 378 g/mol. The van der Waals surface area contributed by atoms with E-state index in [1.54, 1.807) is 43.4 Å². The monoisotopic (exact) mass is 407 g/mol. The molecule has 0 spiro atoms. The number of amides is 1. The molecule has 1 unspecified atom stereocenters. The van der Waals surface area contributed by atoms with Crippen molar-refractivity contribution in [3.63, 3.8) is 0 Å². The van der Waals surface area contributed by atoms with Crippen LogP contribution in [0, 0.1) is 0 Å². The lowest BCUT2D eigenvalue weighted by Crippen LogP contribution is -2.41. The highest BCUT2D eigenvalue weighted by Gasteiger charge is 2.26. The van der Waals surface area contributed by atoms with Crippen molar-refractivity contribution < 1.29 is 23.7 Å². The zero-order valence-electron chi connectivity index (χ0n) is 16.9. The van der Waals surface area contributed by atoms with Gasteiger partial charge < -0.3 is 18.9 Å². The van der Waals surface area contributed by atoms with Gasteiger partial charge in [-0.05, 0) is 42.5 Å². The number of carbonyl (C=O) groups excluding carboxylic acids is 1. The second kappa shape index (κ2) is 11.7. The van der Waals surface area contributed by atoms with E-state index in [1.165, 1.54) is 11.3 Å². The average Bonchev–Trinajstić information content (AvgIpc) is 3.23. The summed E-state index contributed by atoms with van der Waals surface area (Å²) in [4.78, 5) is 14.7. The first-order chi connectivity index (χ1) is 13.6. The molecule has 0 aliphatic heterocycles. The zero-order chi connectivity index (χ0) is 20.4. The smallest absolute Gasteiger partial charge is 0.420 e. The Kier molecular flexibility index (Phi) is 9.27. The Morgan fingerprint density at radius 3 is 2.46 bits per heavy atom. The third kappa shape index (κ3) is 6.22. The summed E-state index contributed by atoms with van der Waals surface area (Å²) in [6.45, 7) is 4.44. The number of benzene rings is 1. The molecule has 0 saturated heterocycles. The first kappa shape index (κ1) is 22.2. The number of thiophene rings is 1. The minimum Gasteiger partial charge on any atom is -0.488 e. The largest absolute Gasteiger partial charge is 0.488 e. The lowest BCUT2D eigenvalue weighted by Gasteiger charge is -2.29. The van der Waals surface area contributed by atoms with Crippen molar-refractivity contribution in [1.29, 1.82) is 0 Å². The standard InChI is InChI=1S/C21H29NO5S/c1-5-9-16(6-2)22(19-12-8-13-28-19)21(23)27-18-11-7-10-17(14-18)26-15-20(24-3)25-4/h7-8,10-14,16,20H,5-6,9,15H2,1-4H3. The highest BCUT2D eigenvalue weighted by Crippen LogP contribution is 2.28. The van der Waals surface area contributed by atoms with Crippen molar-refractivity contribution in [1.82, 2.24) is 0 Å². The third-order valence-electron chi connectivity index (χ3n) is 4.32. The molecule has 0 bridgehead atoms. The van der Waals surface area contributed by atoms with Crippen LogP contribution in [0.4, 0.5) is 9.80 Å². The Morgan fingerprint density at radius 1 is 1.11 bits per heavy atom. The van der Waals surface area contributed by atoms with Crippen molar-refractivity contribution in [3.8, 4) is 11.5 Å². The predicted molar refractivity (Wildman–Crippen MR) is 112 cm³/mol. The van der Waals surface area contributed by atoms with Crippen LogP contribution in [0.2, 0.25) is 0 Å². The number of carbonyl (C=O) groups is 1. The van der Waals surface area contributed by atoms with Crippen LogP contribution < -0.4 is 14.4 Å². The molecule has 0 aliphatic rings. The van der Waals surface area contributed by atoms with Gasteiger partial charge in [0.15, 0.2) is 6.29 Å².